The number of nitrogens with zero attached hydrogens (tertiary/aromatic N) is 1. The molecule has 0 amide bonds. The molecule has 0 unspecified atom stereocenters. The number of nitrogen functional groups attached to an aromatic ring is 1. The third-order valence-electron chi connectivity index (χ3n) is 2.49. The van der Waals surface area contributed by atoms with E-state index >= 15 is 0 Å². The molecule has 1 aromatic carbocycles. The summed E-state index contributed by atoms with van der Waals surface area (Å²) in [7, 11) is -2.31. The Kier molecular flexibility index (Phi) is 4.63. The zero-order valence-electron chi connectivity index (χ0n) is 10.5. The summed E-state index contributed by atoms with van der Waals surface area (Å²) in [6.07, 6.45) is 1.61. The minimum Gasteiger partial charge on any atom is -0.495 e. The van der Waals surface area contributed by atoms with Crippen LogP contribution in [-0.4, -0.2) is 20.5 Å². The van der Waals surface area contributed by atoms with Crippen molar-refractivity contribution in [2.45, 2.75) is 11.4 Å². The molecule has 0 spiro atoms. The van der Waals surface area contributed by atoms with E-state index in [0.717, 1.165) is 4.88 Å². The number of nitrogens with one attached hydrogen (secondary N) is 1. The Hall–Kier alpha value is -1.16. The number of hydrogen-bond acceptors (Lipinski definition) is 6. The third-order valence-corrected chi connectivity index (χ3v) is 5.38. The lowest BCUT2D eigenvalue weighted by molar-refractivity contribution is 0.402. The summed E-state index contributed by atoms with van der Waals surface area (Å²) in [4.78, 5) is 4.71. The molecule has 1 aromatic heterocycles. The molecule has 108 valence electrons. The second-order valence-electron chi connectivity index (χ2n) is 3.82. The number of methoxy groups -OCH3 is 1. The molecular weight excluding hydrogens is 366 g/mol. The summed E-state index contributed by atoms with van der Waals surface area (Å²) in [5.74, 6) is 0.225. The van der Waals surface area contributed by atoms with Crippen molar-refractivity contribution in [1.82, 2.24) is 9.71 Å². The molecule has 0 aliphatic rings. The minimum atomic E-state index is -3.72. The highest BCUT2D eigenvalue weighted by molar-refractivity contribution is 9.10. The molecule has 0 saturated carbocycles. The van der Waals surface area contributed by atoms with Gasteiger partial charge < -0.3 is 10.5 Å². The van der Waals surface area contributed by atoms with E-state index < -0.39 is 10.0 Å². The average Bonchev–Trinajstić information content (AvgIpc) is 2.92. The predicted molar refractivity (Wildman–Crippen MR) is 81.2 cm³/mol. The standard InChI is InChI=1S/C11H12BrN3O3S2/c1-18-10-2-8(12)9(13)3-11(10)20(16,17)15-5-7-4-14-6-19-7/h2-4,6,15H,5,13H2,1H3. The quantitative estimate of drug-likeness (QED) is 0.776. The Morgan fingerprint density at radius 3 is 2.85 bits per heavy atom. The molecule has 0 fully saturated rings. The first-order valence-corrected chi connectivity index (χ1v) is 8.59. The van der Waals surface area contributed by atoms with Gasteiger partial charge in [0.25, 0.3) is 0 Å². The molecular formula is C11H12BrN3O3S2. The number of hydrogen-bond donors (Lipinski definition) is 2. The van der Waals surface area contributed by atoms with Crippen LogP contribution in [0.4, 0.5) is 5.69 Å². The van der Waals surface area contributed by atoms with E-state index in [2.05, 4.69) is 25.6 Å². The number of aromatic nitrogens is 1. The fourth-order valence-corrected chi connectivity index (χ4v) is 3.63. The van der Waals surface area contributed by atoms with Gasteiger partial charge in [-0.3, -0.25) is 4.98 Å². The van der Waals surface area contributed by atoms with Gasteiger partial charge in [-0.25, -0.2) is 13.1 Å². The first kappa shape index (κ1) is 15.2. The SMILES string of the molecule is COc1cc(Br)c(N)cc1S(=O)(=O)NCc1cncs1. The van der Waals surface area contributed by atoms with Gasteiger partial charge in [0, 0.05) is 27.8 Å². The summed E-state index contributed by atoms with van der Waals surface area (Å²) < 4.78 is 32.7. The van der Waals surface area contributed by atoms with Crippen molar-refractivity contribution >= 4 is 43.0 Å². The monoisotopic (exact) mass is 377 g/mol. The van der Waals surface area contributed by atoms with Crippen molar-refractivity contribution in [1.29, 1.82) is 0 Å². The van der Waals surface area contributed by atoms with Gasteiger partial charge in [0.2, 0.25) is 10.0 Å². The van der Waals surface area contributed by atoms with Gasteiger partial charge in [-0.2, -0.15) is 0 Å². The number of benzene rings is 1. The fourth-order valence-electron chi connectivity index (χ4n) is 1.49. The van der Waals surface area contributed by atoms with Crippen LogP contribution in [0.2, 0.25) is 0 Å². The maximum atomic E-state index is 12.3. The van der Waals surface area contributed by atoms with Crippen molar-refractivity contribution in [2.24, 2.45) is 0 Å². The van der Waals surface area contributed by atoms with Gasteiger partial charge in [-0.1, -0.05) is 0 Å². The molecule has 0 aliphatic carbocycles. The molecule has 0 bridgehead atoms. The van der Waals surface area contributed by atoms with Crippen LogP contribution in [0, 0.1) is 0 Å². The van der Waals surface area contributed by atoms with Crippen LogP contribution in [0.3, 0.4) is 0 Å². The van der Waals surface area contributed by atoms with Crippen LogP contribution in [0.15, 0.2) is 33.2 Å². The Labute approximate surface area is 129 Å². The number of nitrogens with two attached hydrogens (primary N) is 1. The molecule has 20 heavy (non-hydrogen) atoms. The van der Waals surface area contributed by atoms with Crippen molar-refractivity contribution in [3.63, 3.8) is 0 Å². The molecule has 0 atom stereocenters. The summed E-state index contributed by atoms with van der Waals surface area (Å²) >= 11 is 4.60. The van der Waals surface area contributed by atoms with Crippen LogP contribution in [-0.2, 0) is 16.6 Å². The Morgan fingerprint density at radius 2 is 2.25 bits per heavy atom. The highest BCUT2D eigenvalue weighted by atomic mass is 79.9. The Balaban J connectivity index is 2.31. The van der Waals surface area contributed by atoms with Crippen molar-refractivity contribution in [2.75, 3.05) is 12.8 Å². The highest BCUT2D eigenvalue weighted by Gasteiger charge is 2.21. The highest BCUT2D eigenvalue weighted by Crippen LogP contribution is 2.32. The van der Waals surface area contributed by atoms with E-state index in [4.69, 9.17) is 10.5 Å². The molecule has 9 heteroatoms. The van der Waals surface area contributed by atoms with Crippen molar-refractivity contribution in [3.05, 3.63) is 33.2 Å². The smallest absolute Gasteiger partial charge is 0.244 e. The number of ether oxygens (including phenoxy) is 1. The normalized spacial score (nSPS) is 11.5. The second kappa shape index (κ2) is 6.08. The fraction of sp³-hybridized carbons (Fsp3) is 0.182. The van der Waals surface area contributed by atoms with Crippen molar-refractivity contribution in [3.8, 4) is 5.75 Å². The van der Waals surface area contributed by atoms with Gasteiger partial charge in [0.15, 0.2) is 0 Å². The van der Waals surface area contributed by atoms with Gasteiger partial charge in [0.05, 0.1) is 12.6 Å². The number of halogens is 1. The summed E-state index contributed by atoms with van der Waals surface area (Å²) in [5.41, 5.74) is 7.69. The summed E-state index contributed by atoms with van der Waals surface area (Å²) in [5, 5.41) is 0. The van der Waals surface area contributed by atoms with E-state index in [-0.39, 0.29) is 17.2 Å². The van der Waals surface area contributed by atoms with Crippen LogP contribution in [0.5, 0.6) is 5.75 Å². The topological polar surface area (TPSA) is 94.3 Å². The number of rotatable bonds is 5. The molecule has 0 radical (unpaired) electrons. The van der Waals surface area contributed by atoms with Gasteiger partial charge in [0.1, 0.15) is 10.6 Å². The zero-order chi connectivity index (χ0) is 14.8. The minimum absolute atomic E-state index is 0.00483. The predicted octanol–water partition coefficient (Wildman–Crippen LogP) is 1.97. The second-order valence-corrected chi connectivity index (χ2v) is 7.38. The lowest BCUT2D eigenvalue weighted by Gasteiger charge is -2.12. The Bertz CT molecular complexity index is 702. The van der Waals surface area contributed by atoms with Gasteiger partial charge in [-0.15, -0.1) is 11.3 Å². The molecule has 3 N–H and O–H groups in total. The molecule has 6 nitrogen and oxygen atoms in total. The average molecular weight is 378 g/mol. The van der Waals surface area contributed by atoms with E-state index in [1.165, 1.54) is 30.6 Å². The lowest BCUT2D eigenvalue weighted by Crippen LogP contribution is -2.23. The molecule has 0 saturated heterocycles. The first-order valence-electron chi connectivity index (χ1n) is 5.44. The molecule has 1 heterocycles. The maximum Gasteiger partial charge on any atom is 0.244 e. The molecule has 2 rings (SSSR count). The molecule has 2 aromatic rings. The van der Waals surface area contributed by atoms with E-state index in [1.807, 2.05) is 0 Å². The third kappa shape index (κ3) is 3.29. The molecule has 0 aliphatic heterocycles. The largest absolute Gasteiger partial charge is 0.495 e. The van der Waals surface area contributed by atoms with Crippen molar-refractivity contribution < 1.29 is 13.2 Å². The maximum absolute atomic E-state index is 12.3. The van der Waals surface area contributed by atoms with Gasteiger partial charge >= 0.3 is 0 Å². The van der Waals surface area contributed by atoms with Gasteiger partial charge in [-0.05, 0) is 28.1 Å². The van der Waals surface area contributed by atoms with Crippen LogP contribution < -0.4 is 15.2 Å². The van der Waals surface area contributed by atoms with Crippen LogP contribution in [0.25, 0.3) is 0 Å². The van der Waals surface area contributed by atoms with E-state index in [0.29, 0.717) is 10.2 Å². The summed E-state index contributed by atoms with van der Waals surface area (Å²) in [6.45, 7) is 0.173. The van der Waals surface area contributed by atoms with E-state index in [1.54, 1.807) is 11.7 Å². The number of thiazole rings is 1. The Morgan fingerprint density at radius 1 is 1.50 bits per heavy atom. The summed E-state index contributed by atoms with van der Waals surface area (Å²) in [6, 6.07) is 2.88. The van der Waals surface area contributed by atoms with Crippen LogP contribution >= 0.6 is 27.3 Å². The number of sulfonamides is 1. The first-order chi connectivity index (χ1) is 9.44. The van der Waals surface area contributed by atoms with E-state index in [9.17, 15) is 8.42 Å². The zero-order valence-corrected chi connectivity index (χ0v) is 13.7. The van der Waals surface area contributed by atoms with Crippen LogP contribution in [0.1, 0.15) is 4.88 Å². The lowest BCUT2D eigenvalue weighted by atomic mass is 10.3. The number of anilines is 1.